The van der Waals surface area contributed by atoms with Gasteiger partial charge in [0.1, 0.15) is 0 Å². The summed E-state index contributed by atoms with van der Waals surface area (Å²) in [5.74, 6) is 0. The molecule has 0 aromatic rings. The zero-order valence-electron chi connectivity index (χ0n) is 6.21. The summed E-state index contributed by atoms with van der Waals surface area (Å²) >= 11 is 0. The summed E-state index contributed by atoms with van der Waals surface area (Å²) in [6.45, 7) is 0.695. The quantitative estimate of drug-likeness (QED) is 0.580. The van der Waals surface area contributed by atoms with Crippen LogP contribution in [0.5, 0.6) is 0 Å². The number of hydrogen-bond acceptors (Lipinski definition) is 3. The Hall–Kier alpha value is -0.590. The SMILES string of the molecule is N#CCCC(N)CCCN. The van der Waals surface area contributed by atoms with E-state index in [1.165, 1.54) is 0 Å². The van der Waals surface area contributed by atoms with Crippen LogP contribution in [0.4, 0.5) is 0 Å². The number of hydrogen-bond donors (Lipinski definition) is 2. The lowest BCUT2D eigenvalue weighted by molar-refractivity contribution is 0.557. The Morgan fingerprint density at radius 3 is 2.60 bits per heavy atom. The normalized spacial score (nSPS) is 12.5. The van der Waals surface area contributed by atoms with Gasteiger partial charge in [-0.25, -0.2) is 0 Å². The Kier molecular flexibility index (Phi) is 6.14. The van der Waals surface area contributed by atoms with Crippen LogP contribution in [0.1, 0.15) is 25.7 Å². The van der Waals surface area contributed by atoms with Gasteiger partial charge >= 0.3 is 0 Å². The average molecular weight is 141 g/mol. The van der Waals surface area contributed by atoms with Gasteiger partial charge in [0.15, 0.2) is 0 Å². The van der Waals surface area contributed by atoms with E-state index in [0.717, 1.165) is 19.3 Å². The van der Waals surface area contributed by atoms with E-state index in [4.69, 9.17) is 16.7 Å². The molecular formula is C7H15N3. The molecule has 10 heavy (non-hydrogen) atoms. The van der Waals surface area contributed by atoms with E-state index in [1.807, 2.05) is 0 Å². The first-order valence-electron chi connectivity index (χ1n) is 3.64. The summed E-state index contributed by atoms with van der Waals surface area (Å²) in [6.07, 6.45) is 3.27. The highest BCUT2D eigenvalue weighted by Crippen LogP contribution is 1.99. The van der Waals surface area contributed by atoms with Crippen LogP contribution in [-0.4, -0.2) is 12.6 Å². The van der Waals surface area contributed by atoms with Crippen molar-refractivity contribution in [3.05, 3.63) is 0 Å². The molecule has 0 amide bonds. The summed E-state index contributed by atoms with van der Waals surface area (Å²) in [6, 6.07) is 2.23. The summed E-state index contributed by atoms with van der Waals surface area (Å²) in [5, 5.41) is 8.21. The summed E-state index contributed by atoms with van der Waals surface area (Å²) in [5.41, 5.74) is 10.9. The molecule has 0 aliphatic rings. The van der Waals surface area contributed by atoms with Gasteiger partial charge in [-0.05, 0) is 25.8 Å². The van der Waals surface area contributed by atoms with Gasteiger partial charge in [0, 0.05) is 12.5 Å². The van der Waals surface area contributed by atoms with Gasteiger partial charge in [0.25, 0.3) is 0 Å². The fraction of sp³-hybridized carbons (Fsp3) is 0.857. The molecule has 0 aliphatic carbocycles. The van der Waals surface area contributed by atoms with Crippen molar-refractivity contribution in [1.82, 2.24) is 0 Å². The maximum Gasteiger partial charge on any atom is 0.0622 e. The maximum absolute atomic E-state index is 8.21. The zero-order chi connectivity index (χ0) is 7.82. The molecule has 3 nitrogen and oxygen atoms in total. The molecule has 3 heteroatoms. The monoisotopic (exact) mass is 141 g/mol. The third-order valence-electron chi connectivity index (χ3n) is 1.41. The van der Waals surface area contributed by atoms with Crippen molar-refractivity contribution in [1.29, 1.82) is 5.26 Å². The van der Waals surface area contributed by atoms with Crippen molar-refractivity contribution < 1.29 is 0 Å². The van der Waals surface area contributed by atoms with E-state index in [0.29, 0.717) is 13.0 Å². The average Bonchev–Trinajstić information content (AvgIpc) is 1.97. The second-order valence-electron chi connectivity index (χ2n) is 2.39. The van der Waals surface area contributed by atoms with Crippen molar-refractivity contribution in [2.24, 2.45) is 11.5 Å². The van der Waals surface area contributed by atoms with Crippen LogP contribution in [0.15, 0.2) is 0 Å². The highest BCUT2D eigenvalue weighted by atomic mass is 14.6. The molecule has 0 aromatic heterocycles. The second kappa shape index (κ2) is 6.53. The second-order valence-corrected chi connectivity index (χ2v) is 2.39. The Morgan fingerprint density at radius 2 is 2.10 bits per heavy atom. The fourth-order valence-electron chi connectivity index (χ4n) is 0.774. The third-order valence-corrected chi connectivity index (χ3v) is 1.41. The first-order chi connectivity index (χ1) is 4.81. The molecule has 0 bridgehead atoms. The molecule has 0 aromatic carbocycles. The van der Waals surface area contributed by atoms with E-state index in [2.05, 4.69) is 6.07 Å². The molecule has 0 fully saturated rings. The lowest BCUT2D eigenvalue weighted by Crippen LogP contribution is -2.20. The Morgan fingerprint density at radius 1 is 1.40 bits per heavy atom. The van der Waals surface area contributed by atoms with Gasteiger partial charge in [-0.1, -0.05) is 0 Å². The Balaban J connectivity index is 3.10. The number of nitrogens with two attached hydrogens (primary N) is 2. The number of nitrogens with zero attached hydrogens (tertiary/aromatic N) is 1. The predicted octanol–water partition coefficient (Wildman–Crippen LogP) is 0.356. The lowest BCUT2D eigenvalue weighted by atomic mass is 10.1. The van der Waals surface area contributed by atoms with Crippen LogP contribution in [0.3, 0.4) is 0 Å². The minimum atomic E-state index is 0.170. The van der Waals surface area contributed by atoms with Crippen molar-refractivity contribution >= 4 is 0 Å². The minimum absolute atomic E-state index is 0.170. The van der Waals surface area contributed by atoms with E-state index in [-0.39, 0.29) is 6.04 Å². The first-order valence-corrected chi connectivity index (χ1v) is 3.64. The molecule has 1 unspecified atom stereocenters. The lowest BCUT2D eigenvalue weighted by Gasteiger charge is -2.06. The van der Waals surface area contributed by atoms with Crippen LogP contribution in [-0.2, 0) is 0 Å². The molecule has 0 spiro atoms. The van der Waals surface area contributed by atoms with E-state index < -0.39 is 0 Å². The first kappa shape index (κ1) is 9.41. The van der Waals surface area contributed by atoms with Gasteiger partial charge < -0.3 is 11.5 Å². The summed E-state index contributed by atoms with van der Waals surface area (Å²) in [7, 11) is 0. The molecule has 0 heterocycles. The van der Waals surface area contributed by atoms with Gasteiger partial charge in [0.2, 0.25) is 0 Å². The van der Waals surface area contributed by atoms with Gasteiger partial charge in [-0.15, -0.1) is 0 Å². The predicted molar refractivity (Wildman–Crippen MR) is 41.1 cm³/mol. The van der Waals surface area contributed by atoms with Crippen molar-refractivity contribution in [2.45, 2.75) is 31.7 Å². The van der Waals surface area contributed by atoms with Crippen molar-refractivity contribution in [3.63, 3.8) is 0 Å². The van der Waals surface area contributed by atoms with Gasteiger partial charge in [-0.3, -0.25) is 0 Å². The number of nitriles is 1. The molecule has 1 atom stereocenters. The van der Waals surface area contributed by atoms with Crippen LogP contribution in [0.2, 0.25) is 0 Å². The smallest absolute Gasteiger partial charge is 0.0622 e. The molecule has 0 radical (unpaired) electrons. The van der Waals surface area contributed by atoms with Crippen LogP contribution < -0.4 is 11.5 Å². The van der Waals surface area contributed by atoms with E-state index in [9.17, 15) is 0 Å². The van der Waals surface area contributed by atoms with Crippen LogP contribution >= 0.6 is 0 Å². The topological polar surface area (TPSA) is 75.8 Å². The van der Waals surface area contributed by atoms with E-state index in [1.54, 1.807) is 0 Å². The molecule has 0 saturated heterocycles. The van der Waals surface area contributed by atoms with Crippen molar-refractivity contribution in [2.75, 3.05) is 6.54 Å². The standard InChI is InChI=1S/C7H15N3/c8-5-1-3-7(10)4-2-6-9/h7H,1-5,8,10H2. The fourth-order valence-corrected chi connectivity index (χ4v) is 0.774. The van der Waals surface area contributed by atoms with Crippen LogP contribution in [0, 0.1) is 11.3 Å². The van der Waals surface area contributed by atoms with Gasteiger partial charge in [-0.2, -0.15) is 5.26 Å². The highest BCUT2D eigenvalue weighted by Gasteiger charge is 1.99. The van der Waals surface area contributed by atoms with E-state index >= 15 is 0 Å². The molecule has 4 N–H and O–H groups in total. The Labute approximate surface area is 62.0 Å². The van der Waals surface area contributed by atoms with Gasteiger partial charge in [0.05, 0.1) is 6.07 Å². The number of rotatable bonds is 5. The molecule has 0 saturated carbocycles. The zero-order valence-corrected chi connectivity index (χ0v) is 6.21. The molecule has 0 aliphatic heterocycles. The summed E-state index contributed by atoms with van der Waals surface area (Å²) < 4.78 is 0. The van der Waals surface area contributed by atoms with Crippen LogP contribution in [0.25, 0.3) is 0 Å². The largest absolute Gasteiger partial charge is 0.330 e. The third kappa shape index (κ3) is 5.54. The maximum atomic E-state index is 8.21. The minimum Gasteiger partial charge on any atom is -0.330 e. The molecule has 58 valence electrons. The molecular weight excluding hydrogens is 126 g/mol. The summed E-state index contributed by atoms with van der Waals surface area (Å²) in [4.78, 5) is 0. The van der Waals surface area contributed by atoms with Crippen molar-refractivity contribution in [3.8, 4) is 6.07 Å². The highest BCUT2D eigenvalue weighted by molar-refractivity contribution is 4.73. The Bertz CT molecular complexity index is 106. The molecule has 0 rings (SSSR count).